The molecule has 0 unspecified atom stereocenters. The molecule has 1 fully saturated rings. The van der Waals surface area contributed by atoms with Crippen LogP contribution >= 0.6 is 0 Å². The van der Waals surface area contributed by atoms with Crippen LogP contribution in [0.4, 0.5) is 0 Å². The van der Waals surface area contributed by atoms with Gasteiger partial charge in [-0.3, -0.25) is 0 Å². The van der Waals surface area contributed by atoms with E-state index in [0.29, 0.717) is 6.61 Å². The van der Waals surface area contributed by atoms with Crippen LogP contribution in [-0.2, 0) is 6.42 Å². The Hall–Kier alpha value is -1.26. The van der Waals surface area contributed by atoms with Crippen molar-refractivity contribution in [2.45, 2.75) is 19.8 Å². The first kappa shape index (κ1) is 16.1. The van der Waals surface area contributed by atoms with E-state index in [2.05, 4.69) is 29.0 Å². The van der Waals surface area contributed by atoms with E-state index < -0.39 is 0 Å². The fraction of sp³-hybridized carbons (Fsp3) is 0.647. The predicted octanol–water partition coefficient (Wildman–Crippen LogP) is 2.27. The third-order valence-electron chi connectivity index (χ3n) is 4.06. The molecule has 0 saturated carbocycles. The summed E-state index contributed by atoms with van der Waals surface area (Å²) in [5.41, 5.74) is 1.33. The highest BCUT2D eigenvalue weighted by Gasteiger charge is 2.13. The van der Waals surface area contributed by atoms with E-state index in [1.54, 1.807) is 7.11 Å². The molecule has 0 bridgehead atoms. The molecule has 1 aromatic rings. The molecule has 0 spiro atoms. The van der Waals surface area contributed by atoms with E-state index in [9.17, 15) is 0 Å². The van der Waals surface area contributed by atoms with Crippen LogP contribution in [0, 0.1) is 0 Å². The summed E-state index contributed by atoms with van der Waals surface area (Å²) in [5, 5.41) is 0. The normalized spacial score (nSPS) is 16.9. The summed E-state index contributed by atoms with van der Waals surface area (Å²) in [4.78, 5) is 4.96. The number of piperazine rings is 1. The highest BCUT2D eigenvalue weighted by Crippen LogP contribution is 2.28. The van der Waals surface area contributed by atoms with Crippen molar-refractivity contribution in [3.8, 4) is 11.5 Å². The van der Waals surface area contributed by atoms with Crippen molar-refractivity contribution in [3.05, 3.63) is 23.8 Å². The first-order valence-electron chi connectivity index (χ1n) is 7.93. The van der Waals surface area contributed by atoms with Gasteiger partial charge >= 0.3 is 0 Å². The zero-order valence-electron chi connectivity index (χ0n) is 13.6. The van der Waals surface area contributed by atoms with E-state index in [-0.39, 0.29) is 0 Å². The zero-order valence-corrected chi connectivity index (χ0v) is 13.6. The minimum absolute atomic E-state index is 0.668. The molecule has 4 heteroatoms. The second-order valence-corrected chi connectivity index (χ2v) is 5.67. The molecule has 1 aliphatic heterocycles. The Balaban J connectivity index is 1.81. The topological polar surface area (TPSA) is 24.9 Å². The molecule has 21 heavy (non-hydrogen) atoms. The minimum atomic E-state index is 0.668. The molecule has 0 atom stereocenters. The Morgan fingerprint density at radius 1 is 1.10 bits per heavy atom. The predicted molar refractivity (Wildman–Crippen MR) is 86.4 cm³/mol. The zero-order chi connectivity index (χ0) is 15.1. The smallest absolute Gasteiger partial charge is 0.161 e. The second kappa shape index (κ2) is 8.25. The molecule has 0 amide bonds. The number of likely N-dealkylation sites (N-methyl/N-ethyl adjacent to an activating group) is 1. The molecule has 1 heterocycles. The van der Waals surface area contributed by atoms with Crippen molar-refractivity contribution in [1.82, 2.24) is 9.80 Å². The van der Waals surface area contributed by atoms with Crippen LogP contribution < -0.4 is 9.47 Å². The maximum atomic E-state index is 5.64. The first-order chi connectivity index (χ1) is 10.2. The highest BCUT2D eigenvalue weighted by atomic mass is 16.5. The van der Waals surface area contributed by atoms with Crippen molar-refractivity contribution in [2.24, 2.45) is 0 Å². The lowest BCUT2D eigenvalue weighted by molar-refractivity contribution is 0.153. The van der Waals surface area contributed by atoms with Gasteiger partial charge in [-0.15, -0.1) is 0 Å². The number of ether oxygens (including phenoxy) is 2. The van der Waals surface area contributed by atoms with Crippen molar-refractivity contribution in [2.75, 3.05) is 53.5 Å². The number of aryl methyl sites for hydroxylation is 1. The number of benzene rings is 1. The first-order valence-corrected chi connectivity index (χ1v) is 7.93. The Bertz CT molecular complexity index is 429. The quantitative estimate of drug-likeness (QED) is 0.770. The highest BCUT2D eigenvalue weighted by molar-refractivity contribution is 5.43. The molecule has 1 saturated heterocycles. The van der Waals surface area contributed by atoms with Crippen LogP contribution in [0.1, 0.15) is 18.9 Å². The summed E-state index contributed by atoms with van der Waals surface area (Å²) in [6, 6.07) is 6.27. The Labute approximate surface area is 128 Å². The van der Waals surface area contributed by atoms with Gasteiger partial charge in [-0.1, -0.05) is 6.07 Å². The third-order valence-corrected chi connectivity index (χ3v) is 4.06. The van der Waals surface area contributed by atoms with Gasteiger partial charge < -0.3 is 19.3 Å². The minimum Gasteiger partial charge on any atom is -0.493 e. The lowest BCUT2D eigenvalue weighted by Crippen LogP contribution is -2.44. The summed E-state index contributed by atoms with van der Waals surface area (Å²) in [7, 11) is 3.88. The third kappa shape index (κ3) is 4.90. The average molecular weight is 292 g/mol. The molecular weight excluding hydrogens is 264 g/mol. The monoisotopic (exact) mass is 292 g/mol. The number of rotatable bonds is 7. The summed E-state index contributed by atoms with van der Waals surface area (Å²) in [5.74, 6) is 1.68. The maximum Gasteiger partial charge on any atom is 0.161 e. The number of hydrogen-bond donors (Lipinski definition) is 0. The van der Waals surface area contributed by atoms with Gasteiger partial charge in [-0.25, -0.2) is 0 Å². The summed E-state index contributed by atoms with van der Waals surface area (Å²) in [6.45, 7) is 8.63. The van der Waals surface area contributed by atoms with Gasteiger partial charge in [-0.2, -0.15) is 0 Å². The lowest BCUT2D eigenvalue weighted by Gasteiger charge is -2.32. The van der Waals surface area contributed by atoms with Crippen LogP contribution in [0.2, 0.25) is 0 Å². The van der Waals surface area contributed by atoms with Crippen molar-refractivity contribution >= 4 is 0 Å². The molecule has 0 N–H and O–H groups in total. The standard InChI is InChI=1S/C17H28N2O2/c1-4-21-17-14-15(7-8-16(17)20-3)6-5-9-19-12-10-18(2)11-13-19/h7-8,14H,4-6,9-13H2,1-3H3. The molecular formula is C17H28N2O2. The van der Waals surface area contributed by atoms with Gasteiger partial charge in [0.2, 0.25) is 0 Å². The van der Waals surface area contributed by atoms with Crippen LogP contribution in [0.15, 0.2) is 18.2 Å². The van der Waals surface area contributed by atoms with E-state index in [1.807, 2.05) is 13.0 Å². The number of nitrogens with zero attached hydrogens (tertiary/aromatic N) is 2. The van der Waals surface area contributed by atoms with Gasteiger partial charge in [-0.05, 0) is 51.1 Å². The lowest BCUT2D eigenvalue weighted by atomic mass is 10.1. The molecule has 1 aliphatic rings. The SMILES string of the molecule is CCOc1cc(CCCN2CCN(C)CC2)ccc1OC. The molecule has 0 aromatic heterocycles. The van der Waals surface area contributed by atoms with Crippen molar-refractivity contribution < 1.29 is 9.47 Å². The largest absolute Gasteiger partial charge is 0.493 e. The Morgan fingerprint density at radius 2 is 1.86 bits per heavy atom. The number of hydrogen-bond acceptors (Lipinski definition) is 4. The number of methoxy groups -OCH3 is 1. The van der Waals surface area contributed by atoms with Crippen LogP contribution in [0.25, 0.3) is 0 Å². The molecule has 118 valence electrons. The van der Waals surface area contributed by atoms with Crippen LogP contribution in [0.3, 0.4) is 0 Å². The van der Waals surface area contributed by atoms with Gasteiger partial charge in [0.15, 0.2) is 11.5 Å². The molecule has 0 aliphatic carbocycles. The van der Waals surface area contributed by atoms with E-state index >= 15 is 0 Å². The fourth-order valence-electron chi connectivity index (χ4n) is 2.72. The molecule has 2 rings (SSSR count). The summed E-state index contributed by atoms with van der Waals surface area (Å²) >= 11 is 0. The molecule has 1 aromatic carbocycles. The van der Waals surface area contributed by atoms with E-state index in [0.717, 1.165) is 17.9 Å². The summed E-state index contributed by atoms with van der Waals surface area (Å²) in [6.07, 6.45) is 2.29. The van der Waals surface area contributed by atoms with Gasteiger partial charge in [0.1, 0.15) is 0 Å². The fourth-order valence-corrected chi connectivity index (χ4v) is 2.72. The van der Waals surface area contributed by atoms with Gasteiger partial charge in [0, 0.05) is 26.2 Å². The van der Waals surface area contributed by atoms with Crippen molar-refractivity contribution in [3.63, 3.8) is 0 Å². The van der Waals surface area contributed by atoms with E-state index in [4.69, 9.17) is 9.47 Å². The second-order valence-electron chi connectivity index (χ2n) is 5.67. The Morgan fingerprint density at radius 3 is 2.52 bits per heavy atom. The summed E-state index contributed by atoms with van der Waals surface area (Å²) < 4.78 is 11.0. The average Bonchev–Trinajstić information content (AvgIpc) is 2.50. The van der Waals surface area contributed by atoms with E-state index in [1.165, 1.54) is 44.7 Å². The Kier molecular flexibility index (Phi) is 6.33. The van der Waals surface area contributed by atoms with Crippen LogP contribution in [0.5, 0.6) is 11.5 Å². The van der Waals surface area contributed by atoms with Gasteiger partial charge in [0.05, 0.1) is 13.7 Å². The van der Waals surface area contributed by atoms with Crippen LogP contribution in [-0.4, -0.2) is 63.3 Å². The molecule has 4 nitrogen and oxygen atoms in total. The van der Waals surface area contributed by atoms with Gasteiger partial charge in [0.25, 0.3) is 0 Å². The van der Waals surface area contributed by atoms with Crippen molar-refractivity contribution in [1.29, 1.82) is 0 Å². The maximum absolute atomic E-state index is 5.64. The molecule has 0 radical (unpaired) electrons.